The first kappa shape index (κ1) is 21.9. The van der Waals surface area contributed by atoms with Gasteiger partial charge in [0.25, 0.3) is 5.91 Å². The van der Waals surface area contributed by atoms with Gasteiger partial charge in [-0.1, -0.05) is 121 Å². The van der Waals surface area contributed by atoms with Gasteiger partial charge >= 0.3 is 6.09 Å². The molecule has 4 aromatic carbocycles. The van der Waals surface area contributed by atoms with Gasteiger partial charge in [0.1, 0.15) is 12.6 Å². The predicted octanol–water partition coefficient (Wildman–Crippen LogP) is 4.50. The van der Waals surface area contributed by atoms with Crippen LogP contribution in [0.25, 0.3) is 0 Å². The fraction of sp³-hybridized carbons (Fsp3) is 0.0690. The lowest BCUT2D eigenvalue weighted by Crippen LogP contribution is -2.38. The number of benzene rings is 4. The molecule has 5 rings (SSSR count). The van der Waals surface area contributed by atoms with Gasteiger partial charge in [0.2, 0.25) is 0 Å². The molecule has 0 N–H and O–H groups in total. The number of imide groups is 1. The van der Waals surface area contributed by atoms with Gasteiger partial charge in [-0.3, -0.25) is 4.79 Å². The summed E-state index contributed by atoms with van der Waals surface area (Å²) in [6, 6.07) is 39.3. The van der Waals surface area contributed by atoms with Crippen molar-refractivity contribution in [2.45, 2.75) is 6.04 Å². The van der Waals surface area contributed by atoms with Crippen LogP contribution in [0.3, 0.4) is 0 Å². The summed E-state index contributed by atoms with van der Waals surface area (Å²) < 4.78 is 5.34. The van der Waals surface area contributed by atoms with Crippen molar-refractivity contribution in [2.24, 2.45) is 0 Å². The maximum Gasteiger partial charge on any atom is 0.417 e. The minimum Gasteiger partial charge on any atom is -0.446 e. The Morgan fingerprint density at radius 3 is 1.56 bits per heavy atom. The van der Waals surface area contributed by atoms with Crippen LogP contribution in [0.1, 0.15) is 11.6 Å². The SMILES string of the molecule is O=C(C=P(c1ccccc1)(c1ccccc1)c1ccccc1)N1C(=O)OC[C@H]1c1ccccc1. The quantitative estimate of drug-likeness (QED) is 0.408. The number of rotatable bonds is 5. The monoisotopic (exact) mass is 465 g/mol. The number of nitrogens with zero attached hydrogens (tertiary/aromatic N) is 1. The van der Waals surface area contributed by atoms with Gasteiger partial charge in [-0.2, -0.15) is 0 Å². The van der Waals surface area contributed by atoms with Crippen molar-refractivity contribution >= 4 is 40.6 Å². The first-order valence-corrected chi connectivity index (χ1v) is 13.0. The molecule has 0 radical (unpaired) electrons. The van der Waals surface area contributed by atoms with Gasteiger partial charge in [-0.15, -0.1) is 0 Å². The number of carbonyl (C=O) groups is 2. The molecule has 168 valence electrons. The van der Waals surface area contributed by atoms with Crippen LogP contribution in [0.5, 0.6) is 0 Å². The first-order chi connectivity index (χ1) is 16.7. The summed E-state index contributed by atoms with van der Waals surface area (Å²) in [6.07, 6.45) is -0.609. The van der Waals surface area contributed by atoms with Crippen molar-refractivity contribution in [3.05, 3.63) is 127 Å². The van der Waals surface area contributed by atoms with Crippen LogP contribution >= 0.6 is 6.89 Å². The fourth-order valence-electron chi connectivity index (χ4n) is 4.47. The third kappa shape index (κ3) is 3.98. The number of hydrogen-bond donors (Lipinski definition) is 0. The molecule has 0 spiro atoms. The normalized spacial score (nSPS) is 15.6. The van der Waals surface area contributed by atoms with E-state index in [-0.39, 0.29) is 12.5 Å². The van der Waals surface area contributed by atoms with Gasteiger partial charge < -0.3 is 4.74 Å². The molecule has 0 aromatic heterocycles. The van der Waals surface area contributed by atoms with Gasteiger partial charge in [0.05, 0.1) is 0 Å². The standard InChI is InChI=1S/C29H24NO3P/c31-28(30-27(21-33-29(30)32)23-13-5-1-6-14-23)22-34(24-15-7-2-8-16-24,25-17-9-3-10-18-25)26-19-11-4-12-20-26/h1-20,22,27H,21H2/t27-/m0/s1. The van der Waals surface area contributed by atoms with Crippen LogP contribution < -0.4 is 15.9 Å². The highest BCUT2D eigenvalue weighted by molar-refractivity contribution is 7.95. The summed E-state index contributed by atoms with van der Waals surface area (Å²) in [6.45, 7) is -2.38. The highest BCUT2D eigenvalue weighted by atomic mass is 31.2. The fourth-order valence-corrected chi connectivity index (χ4v) is 8.20. The zero-order chi connectivity index (χ0) is 23.4. The van der Waals surface area contributed by atoms with E-state index < -0.39 is 19.0 Å². The van der Waals surface area contributed by atoms with E-state index in [0.29, 0.717) is 0 Å². The second-order valence-corrected chi connectivity index (χ2v) is 11.3. The van der Waals surface area contributed by atoms with Crippen LogP contribution in [-0.4, -0.2) is 29.3 Å². The van der Waals surface area contributed by atoms with Crippen LogP contribution in [0.15, 0.2) is 121 Å². The van der Waals surface area contributed by atoms with Crippen molar-refractivity contribution in [2.75, 3.05) is 6.61 Å². The Morgan fingerprint density at radius 2 is 1.12 bits per heavy atom. The first-order valence-electron chi connectivity index (χ1n) is 11.2. The zero-order valence-electron chi connectivity index (χ0n) is 18.5. The Hall–Kier alpha value is -3.88. The molecule has 5 heteroatoms. The summed E-state index contributed by atoms with van der Waals surface area (Å²) in [4.78, 5) is 28.0. The van der Waals surface area contributed by atoms with Crippen molar-refractivity contribution in [1.82, 2.24) is 4.90 Å². The van der Waals surface area contributed by atoms with Crippen molar-refractivity contribution in [1.29, 1.82) is 0 Å². The van der Waals surface area contributed by atoms with Crippen LogP contribution in [0.4, 0.5) is 4.79 Å². The van der Waals surface area contributed by atoms with Gasteiger partial charge in [-0.25, -0.2) is 9.69 Å². The van der Waals surface area contributed by atoms with E-state index in [1.807, 2.05) is 84.9 Å². The van der Waals surface area contributed by atoms with E-state index in [9.17, 15) is 9.59 Å². The Kier molecular flexibility index (Phi) is 6.16. The number of hydrogen-bond acceptors (Lipinski definition) is 3. The Morgan fingerprint density at radius 1 is 0.706 bits per heavy atom. The molecule has 0 unspecified atom stereocenters. The van der Waals surface area contributed by atoms with Gasteiger partial charge in [-0.05, 0) is 28.4 Å². The molecule has 1 aliphatic rings. The minimum absolute atomic E-state index is 0.149. The topological polar surface area (TPSA) is 46.6 Å². The Labute approximate surface area is 199 Å². The third-order valence-corrected chi connectivity index (χ3v) is 10.0. The van der Waals surface area contributed by atoms with Gasteiger partial charge in [0, 0.05) is 5.80 Å². The van der Waals surface area contributed by atoms with Crippen molar-refractivity contribution < 1.29 is 14.3 Å². The zero-order valence-corrected chi connectivity index (χ0v) is 19.4. The molecule has 0 bridgehead atoms. The maximum absolute atomic E-state index is 14.0. The number of cyclic esters (lactones) is 1. The average molecular weight is 465 g/mol. The number of amides is 2. The molecule has 1 saturated heterocycles. The second kappa shape index (κ2) is 9.54. The van der Waals surface area contributed by atoms with E-state index in [1.54, 1.807) is 5.80 Å². The largest absolute Gasteiger partial charge is 0.446 e. The molecule has 34 heavy (non-hydrogen) atoms. The molecule has 1 aliphatic heterocycles. The number of ether oxygens (including phenoxy) is 1. The lowest BCUT2D eigenvalue weighted by Gasteiger charge is -2.29. The molecular formula is C29H24NO3P. The highest BCUT2D eigenvalue weighted by Crippen LogP contribution is 2.44. The Bertz CT molecular complexity index is 1240. The molecule has 4 aromatic rings. The third-order valence-electron chi connectivity index (χ3n) is 6.09. The smallest absolute Gasteiger partial charge is 0.417 e. The van der Waals surface area contributed by atoms with E-state index in [2.05, 4.69) is 36.4 Å². The van der Waals surface area contributed by atoms with Gasteiger partial charge in [0.15, 0.2) is 0 Å². The van der Waals surface area contributed by atoms with E-state index in [0.717, 1.165) is 21.5 Å². The summed E-state index contributed by atoms with van der Waals surface area (Å²) in [7, 11) is 0. The maximum atomic E-state index is 14.0. The predicted molar refractivity (Wildman–Crippen MR) is 139 cm³/mol. The van der Waals surface area contributed by atoms with Crippen molar-refractivity contribution in [3.63, 3.8) is 0 Å². The summed E-state index contributed by atoms with van der Waals surface area (Å²) in [5, 5.41) is 3.14. The Balaban J connectivity index is 1.74. The van der Waals surface area contributed by atoms with E-state index >= 15 is 0 Å². The molecule has 1 fully saturated rings. The minimum atomic E-state index is -2.53. The van der Waals surface area contributed by atoms with Crippen LogP contribution in [0, 0.1) is 0 Å². The van der Waals surface area contributed by atoms with Crippen LogP contribution in [0.2, 0.25) is 0 Å². The number of carbonyl (C=O) groups excluding carboxylic acids is 2. The molecule has 2 amide bonds. The molecule has 0 aliphatic carbocycles. The summed E-state index contributed by atoms with van der Waals surface area (Å²) >= 11 is 0. The van der Waals surface area contributed by atoms with E-state index in [1.165, 1.54) is 4.90 Å². The van der Waals surface area contributed by atoms with Crippen LogP contribution in [-0.2, 0) is 9.53 Å². The molecule has 1 atom stereocenters. The van der Waals surface area contributed by atoms with E-state index in [4.69, 9.17) is 4.74 Å². The second-order valence-electron chi connectivity index (χ2n) is 8.07. The molecule has 4 nitrogen and oxygen atoms in total. The highest BCUT2D eigenvalue weighted by Gasteiger charge is 2.39. The van der Waals surface area contributed by atoms with Crippen molar-refractivity contribution in [3.8, 4) is 0 Å². The average Bonchev–Trinajstić information content (AvgIpc) is 3.31. The molecular weight excluding hydrogens is 441 g/mol. The molecule has 1 heterocycles. The summed E-state index contributed by atoms with van der Waals surface area (Å²) in [5.74, 6) is 1.43. The summed E-state index contributed by atoms with van der Waals surface area (Å²) in [5.41, 5.74) is 0.873. The lowest BCUT2D eigenvalue weighted by molar-refractivity contribution is -0.121. The molecule has 0 saturated carbocycles. The lowest BCUT2D eigenvalue weighted by atomic mass is 10.1.